The molecule has 48 heteroatoms. The molecule has 0 bridgehead atoms. The first kappa shape index (κ1) is 98.8. The molecule has 674 valence electrons. The van der Waals surface area contributed by atoms with E-state index in [0.29, 0.717) is 0 Å². The van der Waals surface area contributed by atoms with Crippen LogP contribution in [0, 0.1) is 0 Å². The van der Waals surface area contributed by atoms with Gasteiger partial charge in [0.2, 0.25) is 5.91 Å². The van der Waals surface area contributed by atoms with Gasteiger partial charge in [-0.1, -0.05) is 0 Å². The molecule has 6 heterocycles. The number of aliphatic hydroxyl groups excluding tert-OH is 1. The summed E-state index contributed by atoms with van der Waals surface area (Å²) in [5.41, 5.74) is 0. The van der Waals surface area contributed by atoms with Gasteiger partial charge in [-0.15, -0.1) is 0 Å². The van der Waals surface area contributed by atoms with E-state index in [1.165, 1.54) is 6.92 Å². The van der Waals surface area contributed by atoms with E-state index in [1.807, 2.05) is 0 Å². The van der Waals surface area contributed by atoms with Gasteiger partial charge in [0.15, 0.2) is 117 Å². The van der Waals surface area contributed by atoms with Crippen molar-refractivity contribution in [1.82, 2.24) is 5.32 Å². The van der Waals surface area contributed by atoms with Crippen molar-refractivity contribution >= 4 is 107 Å². The maximum absolute atomic E-state index is 14.2. The largest absolute Gasteiger partial charge is 0.463 e. The van der Waals surface area contributed by atoms with Crippen molar-refractivity contribution in [3.8, 4) is 0 Å². The molecule has 2 N–H and O–H groups in total. The van der Waals surface area contributed by atoms with Crippen LogP contribution in [0.4, 0.5) is 0 Å². The summed E-state index contributed by atoms with van der Waals surface area (Å²) < 4.78 is 167. The Hall–Kier alpha value is -10.0. The number of aliphatic hydroxyl groups is 1. The Labute approximate surface area is 683 Å². The zero-order valence-electron chi connectivity index (χ0n) is 68.6. The molecule has 1 amide bonds. The molecular weight excluding hydrogens is 1630 g/mol. The lowest BCUT2D eigenvalue weighted by Crippen LogP contribution is -2.72. The lowest BCUT2D eigenvalue weighted by atomic mass is 9.93. The number of carbonyl (C=O) groups excluding carboxylic acids is 18. The lowest BCUT2D eigenvalue weighted by Gasteiger charge is -2.52. The lowest BCUT2D eigenvalue weighted by molar-refractivity contribution is -0.393. The maximum atomic E-state index is 14.2. The Morgan fingerprint density at radius 2 is 0.442 bits per heavy atom. The molecule has 6 fully saturated rings. The van der Waals surface area contributed by atoms with Gasteiger partial charge in [0.05, 0.1) is 6.10 Å². The van der Waals surface area contributed by atoms with Crippen molar-refractivity contribution in [2.75, 3.05) is 33.0 Å². The highest BCUT2D eigenvalue weighted by Gasteiger charge is 2.64. The van der Waals surface area contributed by atoms with E-state index in [9.17, 15) is 91.4 Å². The highest BCUT2D eigenvalue weighted by atomic mass is 16.8. The first-order chi connectivity index (χ1) is 56.1. The molecule has 48 nitrogen and oxygen atoms in total. The van der Waals surface area contributed by atoms with E-state index in [2.05, 4.69) is 5.32 Å². The van der Waals surface area contributed by atoms with E-state index in [4.69, 9.17) is 133 Å². The summed E-state index contributed by atoms with van der Waals surface area (Å²) in [7, 11) is 0. The third-order valence-electron chi connectivity index (χ3n) is 17.5. The Kier molecular flexibility index (Phi) is 37.1. The molecule has 6 saturated heterocycles. The number of hydrogen-bond donors (Lipinski definition) is 2. The molecule has 0 radical (unpaired) electrons. The molecular formula is C72H99NO47. The van der Waals surface area contributed by atoms with Crippen LogP contribution in [0.5, 0.6) is 0 Å². The quantitative estimate of drug-likeness (QED) is 0.0482. The second kappa shape index (κ2) is 45.0. The Morgan fingerprint density at radius 1 is 0.225 bits per heavy atom. The highest BCUT2D eigenvalue weighted by Crippen LogP contribution is 2.43. The first-order valence-corrected chi connectivity index (χ1v) is 37.0. The fourth-order valence-electron chi connectivity index (χ4n) is 13.5. The van der Waals surface area contributed by atoms with Gasteiger partial charge in [0.25, 0.3) is 0 Å². The number of ether oxygens (including phenoxy) is 28. The van der Waals surface area contributed by atoms with Crippen molar-refractivity contribution in [3.63, 3.8) is 0 Å². The van der Waals surface area contributed by atoms with Crippen LogP contribution >= 0.6 is 0 Å². The standard InChI is InChI=1S/C72H99NO47/c1-25-50(99-32(8)80)57(103-36(12)84)63(108-41(17)89)69(98-25)120-66-59(105-38(14)86)52(101-34(10)82)46(22-95-29(5)77)114-72(66)118-56-49(73-26(2)74)68(112-45(21-94-28(4)76)51(56)100-33(9)81)119-61-53(102-35(11)83)47(23-96-30(6)78)113-71(65(61)110-43(19)91)117-55-48(24-97-31(7)79)115-70(64(109-42(18)90)60(55)106-39(15)87)116-54-44(20-93-27(3)75)111-67(92)62(107-40(16)88)58(54)104-37(13)85/h25,44-72,92H,20-24H2,1-19H3,(H,73,74)/t25?,44?,45?,46?,47?,48?,49?,50-,51-,52-,53-,54+,55-,56+,57?,58-,59-,60-,61-,62?,63+,64?,65?,66?,67+,68-,69-,70-,71+,72-/m0/s1. The fourth-order valence-corrected chi connectivity index (χ4v) is 13.5. The fraction of sp³-hybridized carbons (Fsp3) is 0.750. The van der Waals surface area contributed by atoms with Crippen LogP contribution in [0.2, 0.25) is 0 Å². The normalized spacial score (nSPS) is 33.9. The number of nitrogens with one attached hydrogen (secondary N) is 1. The third kappa shape index (κ3) is 28.8. The molecule has 30 atom stereocenters. The van der Waals surface area contributed by atoms with Crippen LogP contribution in [-0.2, 0) is 219 Å². The van der Waals surface area contributed by atoms with Gasteiger partial charge in [-0.05, 0) is 6.92 Å². The van der Waals surface area contributed by atoms with Gasteiger partial charge >= 0.3 is 101 Å². The van der Waals surface area contributed by atoms with Crippen LogP contribution in [0.3, 0.4) is 0 Å². The summed E-state index contributed by atoms with van der Waals surface area (Å²) >= 11 is 0. The summed E-state index contributed by atoms with van der Waals surface area (Å²) in [5.74, 6) is -20.1. The van der Waals surface area contributed by atoms with E-state index < -0.39 is 325 Å². The van der Waals surface area contributed by atoms with Crippen molar-refractivity contribution in [2.24, 2.45) is 0 Å². The Bertz CT molecular complexity index is 3700. The van der Waals surface area contributed by atoms with Crippen molar-refractivity contribution in [2.45, 2.75) is 316 Å². The van der Waals surface area contributed by atoms with Gasteiger partial charge in [-0.3, -0.25) is 86.3 Å². The van der Waals surface area contributed by atoms with Crippen LogP contribution in [0.1, 0.15) is 132 Å². The SMILES string of the molecule is CC(=O)NC1[C@H](O[C@@H]2C(OC(C)=O)[C@@H](O[C@H]3C(COC(C)=O)O[C@@H](O[C@@H]4C(COC(C)=O)O[C@@H](O)C(OC(C)=O)[C@H]4OC(C)=O)C(OC(C)=O)[C@H]3OC(C)=O)OC(COC(C)=O)[C@@H]2OC(C)=O)OC(COC(C)=O)[C@H](OC(C)=O)[C@@H]1O[C@@H]1OC(COC(C)=O)[C@H](OC(C)=O)[C@H](OC(C)=O)C1O[C@@H]1OC(C)[C@H](OC(C)=O)C(OC(C)=O)[C@H]1OC(C)=O. The topological polar surface area (TPSA) is 598 Å². The molecule has 12 unspecified atom stereocenters. The molecule has 0 aromatic rings. The van der Waals surface area contributed by atoms with Crippen molar-refractivity contribution < 1.29 is 224 Å². The summed E-state index contributed by atoms with van der Waals surface area (Å²) in [6, 6.07) is -2.21. The van der Waals surface area contributed by atoms with Crippen LogP contribution < -0.4 is 5.32 Å². The second-order valence-electron chi connectivity index (χ2n) is 27.6. The number of amides is 1. The van der Waals surface area contributed by atoms with Crippen LogP contribution in [0.15, 0.2) is 0 Å². The third-order valence-corrected chi connectivity index (χ3v) is 17.5. The number of hydrogen-bond acceptors (Lipinski definition) is 47. The zero-order valence-corrected chi connectivity index (χ0v) is 68.6. The van der Waals surface area contributed by atoms with Crippen LogP contribution in [-0.4, -0.2) is 330 Å². The van der Waals surface area contributed by atoms with E-state index in [-0.39, 0.29) is 0 Å². The molecule has 0 aromatic heterocycles. The molecule has 6 rings (SSSR count). The minimum Gasteiger partial charge on any atom is -0.463 e. The Balaban J connectivity index is 1.66. The highest BCUT2D eigenvalue weighted by molar-refractivity contribution is 5.74. The first-order valence-electron chi connectivity index (χ1n) is 37.0. The van der Waals surface area contributed by atoms with Crippen molar-refractivity contribution in [1.29, 1.82) is 0 Å². The van der Waals surface area contributed by atoms with Gasteiger partial charge in [-0.2, -0.15) is 0 Å². The predicted molar refractivity (Wildman–Crippen MR) is 372 cm³/mol. The van der Waals surface area contributed by atoms with Crippen LogP contribution in [0.25, 0.3) is 0 Å². The average molecular weight is 1730 g/mol. The summed E-state index contributed by atoms with van der Waals surface area (Å²) in [5, 5.41) is 13.8. The van der Waals surface area contributed by atoms with Crippen molar-refractivity contribution in [3.05, 3.63) is 0 Å². The smallest absolute Gasteiger partial charge is 0.303 e. The molecule has 0 spiro atoms. The molecule has 0 aliphatic carbocycles. The number of carbonyl (C=O) groups is 18. The van der Waals surface area contributed by atoms with E-state index in [0.717, 1.165) is 125 Å². The predicted octanol–water partition coefficient (Wildman–Crippen LogP) is -3.23. The monoisotopic (exact) mass is 1730 g/mol. The van der Waals surface area contributed by atoms with Gasteiger partial charge in [0.1, 0.15) is 94.0 Å². The molecule has 120 heavy (non-hydrogen) atoms. The van der Waals surface area contributed by atoms with E-state index >= 15 is 0 Å². The maximum Gasteiger partial charge on any atom is 0.303 e. The van der Waals surface area contributed by atoms with E-state index in [1.54, 1.807) is 0 Å². The summed E-state index contributed by atoms with van der Waals surface area (Å²) in [6.07, 6.45) is -60.9. The van der Waals surface area contributed by atoms with Gasteiger partial charge in [-0.25, -0.2) is 0 Å². The Morgan fingerprint density at radius 3 is 0.783 bits per heavy atom. The molecule has 6 aliphatic heterocycles. The molecule has 6 aliphatic rings. The number of rotatable bonds is 33. The summed E-state index contributed by atoms with van der Waals surface area (Å²) in [6.45, 7) is 12.5. The molecule has 0 aromatic carbocycles. The minimum atomic E-state index is -2.45. The van der Waals surface area contributed by atoms with Gasteiger partial charge in [0, 0.05) is 125 Å². The number of esters is 17. The average Bonchev–Trinajstić information content (AvgIpc) is 0.750. The summed E-state index contributed by atoms with van der Waals surface area (Å²) in [4.78, 5) is 238. The zero-order chi connectivity index (χ0) is 89.8. The second-order valence-corrected chi connectivity index (χ2v) is 27.6. The molecule has 0 saturated carbocycles. The minimum absolute atomic E-state index is 0.805. The van der Waals surface area contributed by atoms with Gasteiger partial charge < -0.3 is 143 Å².